The molecule has 1 aromatic heterocycles. The highest BCUT2D eigenvalue weighted by Crippen LogP contribution is 2.23. The Morgan fingerprint density at radius 3 is 2.76 bits per heavy atom. The molecule has 2 aromatic rings. The number of nitrogens with one attached hydrogen (secondary N) is 2. The van der Waals surface area contributed by atoms with Gasteiger partial charge in [-0.2, -0.15) is 0 Å². The van der Waals surface area contributed by atoms with E-state index in [1.807, 2.05) is 49.6 Å². The van der Waals surface area contributed by atoms with Crippen molar-refractivity contribution in [3.8, 4) is 0 Å². The van der Waals surface area contributed by atoms with Crippen molar-refractivity contribution >= 4 is 23.5 Å². The summed E-state index contributed by atoms with van der Waals surface area (Å²) in [7, 11) is 0. The fourth-order valence-electron chi connectivity index (χ4n) is 2.59. The fourth-order valence-corrected chi connectivity index (χ4v) is 3.38. The summed E-state index contributed by atoms with van der Waals surface area (Å²) in [6, 6.07) is 9.62. The maximum atomic E-state index is 12.5. The van der Waals surface area contributed by atoms with Crippen LogP contribution in [0.2, 0.25) is 0 Å². The quantitative estimate of drug-likeness (QED) is 0.768. The van der Waals surface area contributed by atoms with E-state index in [2.05, 4.69) is 20.6 Å². The number of hydrogen-bond donors (Lipinski definition) is 3. The van der Waals surface area contributed by atoms with Crippen molar-refractivity contribution in [1.29, 1.82) is 0 Å². The number of amides is 1. The molecule has 0 spiro atoms. The van der Waals surface area contributed by atoms with E-state index in [0.717, 1.165) is 22.7 Å². The summed E-state index contributed by atoms with van der Waals surface area (Å²) in [6.07, 6.45) is 1.68. The van der Waals surface area contributed by atoms with Crippen LogP contribution >= 0.6 is 11.3 Å². The van der Waals surface area contributed by atoms with E-state index in [4.69, 9.17) is 0 Å². The number of aryl methyl sites for hydroxylation is 1. The van der Waals surface area contributed by atoms with Crippen LogP contribution in [0.3, 0.4) is 0 Å². The summed E-state index contributed by atoms with van der Waals surface area (Å²) in [6.45, 7) is 3.90. The molecule has 1 aliphatic rings. The second-order valence-corrected chi connectivity index (χ2v) is 6.65. The molecule has 0 saturated carbocycles. The lowest BCUT2D eigenvalue weighted by molar-refractivity contribution is -0.118. The van der Waals surface area contributed by atoms with Crippen molar-refractivity contribution in [3.63, 3.8) is 0 Å². The molecule has 0 saturated heterocycles. The molecule has 1 aromatic carbocycles. The van der Waals surface area contributed by atoms with Gasteiger partial charge < -0.3 is 15.7 Å². The molecule has 1 aliphatic heterocycles. The Morgan fingerprint density at radius 1 is 1.40 bits per heavy atom. The number of thiazole rings is 1. The zero-order chi connectivity index (χ0) is 17.8. The largest absolute Gasteiger partial charge is 0.494 e. The van der Waals surface area contributed by atoms with Crippen LogP contribution in [0.5, 0.6) is 0 Å². The van der Waals surface area contributed by atoms with E-state index >= 15 is 0 Å². The summed E-state index contributed by atoms with van der Waals surface area (Å²) < 4.78 is 0. The molecule has 2 atom stereocenters. The third kappa shape index (κ3) is 3.88. The van der Waals surface area contributed by atoms with E-state index in [1.165, 1.54) is 17.6 Å². The van der Waals surface area contributed by atoms with Gasteiger partial charge in [0.1, 0.15) is 10.6 Å². The Kier molecular flexibility index (Phi) is 5.14. The number of aliphatic hydroxyl groups is 1. The first-order chi connectivity index (χ1) is 12.1. The highest BCUT2D eigenvalue weighted by Gasteiger charge is 2.25. The SMILES string of the molecule is CC[C@H](NC(=O)C1=C(O)NC(c2nc(C)cs2)N=C1)c1ccccc1. The van der Waals surface area contributed by atoms with Crippen molar-refractivity contribution in [2.45, 2.75) is 32.5 Å². The number of aromatic nitrogens is 1. The predicted octanol–water partition coefficient (Wildman–Crippen LogP) is 3.16. The molecular weight excluding hydrogens is 336 g/mol. The van der Waals surface area contributed by atoms with Crippen LogP contribution in [0.1, 0.15) is 41.8 Å². The van der Waals surface area contributed by atoms with Crippen molar-refractivity contribution in [2.24, 2.45) is 4.99 Å². The van der Waals surface area contributed by atoms with E-state index in [0.29, 0.717) is 0 Å². The fraction of sp³-hybridized carbons (Fsp3) is 0.278. The van der Waals surface area contributed by atoms with E-state index in [-0.39, 0.29) is 23.4 Å². The first-order valence-electron chi connectivity index (χ1n) is 8.09. The van der Waals surface area contributed by atoms with Crippen LogP contribution in [0.25, 0.3) is 0 Å². The number of nitrogens with zero attached hydrogens (tertiary/aromatic N) is 2. The van der Waals surface area contributed by atoms with Crippen LogP contribution < -0.4 is 10.6 Å². The van der Waals surface area contributed by atoms with Crippen LogP contribution in [0, 0.1) is 6.92 Å². The Bertz CT molecular complexity index is 813. The lowest BCUT2D eigenvalue weighted by atomic mass is 10.0. The summed E-state index contributed by atoms with van der Waals surface area (Å²) in [5.74, 6) is -0.550. The van der Waals surface area contributed by atoms with Crippen LogP contribution in [-0.2, 0) is 4.79 Å². The summed E-state index contributed by atoms with van der Waals surface area (Å²) in [4.78, 5) is 21.2. The lowest BCUT2D eigenvalue weighted by Gasteiger charge is -2.21. The van der Waals surface area contributed by atoms with Gasteiger partial charge in [0, 0.05) is 17.3 Å². The predicted molar refractivity (Wildman–Crippen MR) is 98.5 cm³/mol. The van der Waals surface area contributed by atoms with Gasteiger partial charge in [0.2, 0.25) is 5.88 Å². The maximum absolute atomic E-state index is 12.5. The Hall–Kier alpha value is -2.67. The number of hydrogen-bond acceptors (Lipinski definition) is 6. The summed E-state index contributed by atoms with van der Waals surface area (Å²) in [5.41, 5.74) is 2.05. The molecule has 3 rings (SSSR count). The molecule has 0 aliphatic carbocycles. The number of aliphatic imine (C=N–C) groups is 1. The molecule has 0 bridgehead atoms. The van der Waals surface area contributed by atoms with Crippen molar-refractivity contribution < 1.29 is 9.90 Å². The molecule has 0 radical (unpaired) electrons. The number of carbonyl (C=O) groups is 1. The first-order valence-corrected chi connectivity index (χ1v) is 8.97. The molecule has 2 heterocycles. The van der Waals surface area contributed by atoms with Crippen LogP contribution in [0.15, 0.2) is 52.2 Å². The Labute approximate surface area is 150 Å². The minimum absolute atomic E-state index is 0.123. The highest BCUT2D eigenvalue weighted by molar-refractivity contribution is 7.09. The average molecular weight is 356 g/mol. The van der Waals surface area contributed by atoms with Gasteiger partial charge in [-0.15, -0.1) is 11.3 Å². The number of carbonyl (C=O) groups excluding carboxylic acids is 1. The molecule has 25 heavy (non-hydrogen) atoms. The lowest BCUT2D eigenvalue weighted by Crippen LogP contribution is -2.35. The molecule has 6 nitrogen and oxygen atoms in total. The van der Waals surface area contributed by atoms with Gasteiger partial charge in [-0.3, -0.25) is 9.79 Å². The van der Waals surface area contributed by atoms with Crippen molar-refractivity contribution in [2.75, 3.05) is 0 Å². The third-order valence-corrected chi connectivity index (χ3v) is 4.93. The second-order valence-electron chi connectivity index (χ2n) is 5.76. The zero-order valence-electron chi connectivity index (χ0n) is 14.1. The van der Waals surface area contributed by atoms with Crippen molar-refractivity contribution in [3.05, 3.63) is 63.4 Å². The van der Waals surface area contributed by atoms with Gasteiger partial charge in [0.25, 0.3) is 5.91 Å². The third-order valence-electron chi connectivity index (χ3n) is 3.91. The number of rotatable bonds is 5. The number of benzene rings is 1. The van der Waals surface area contributed by atoms with E-state index in [9.17, 15) is 9.90 Å². The van der Waals surface area contributed by atoms with Gasteiger partial charge in [-0.1, -0.05) is 37.3 Å². The minimum Gasteiger partial charge on any atom is -0.494 e. The topological polar surface area (TPSA) is 86.6 Å². The van der Waals surface area contributed by atoms with Gasteiger partial charge in [0.15, 0.2) is 6.17 Å². The van der Waals surface area contributed by atoms with Crippen LogP contribution in [-0.4, -0.2) is 22.2 Å². The number of aliphatic hydroxyl groups excluding tert-OH is 1. The van der Waals surface area contributed by atoms with Gasteiger partial charge >= 0.3 is 0 Å². The zero-order valence-corrected chi connectivity index (χ0v) is 14.9. The highest BCUT2D eigenvalue weighted by atomic mass is 32.1. The molecule has 0 fully saturated rings. The Balaban J connectivity index is 1.71. The maximum Gasteiger partial charge on any atom is 0.258 e. The summed E-state index contributed by atoms with van der Waals surface area (Å²) >= 11 is 1.46. The minimum atomic E-state index is -0.466. The smallest absolute Gasteiger partial charge is 0.258 e. The normalized spacial score (nSPS) is 17.9. The van der Waals surface area contributed by atoms with Gasteiger partial charge in [-0.25, -0.2) is 4.98 Å². The Morgan fingerprint density at radius 2 is 2.16 bits per heavy atom. The second kappa shape index (κ2) is 7.48. The molecule has 1 unspecified atom stereocenters. The van der Waals surface area contributed by atoms with E-state index in [1.54, 1.807) is 0 Å². The average Bonchev–Trinajstić information content (AvgIpc) is 3.06. The molecule has 3 N–H and O–H groups in total. The van der Waals surface area contributed by atoms with Gasteiger partial charge in [-0.05, 0) is 18.9 Å². The standard InChI is InChI=1S/C18H20N4O2S/c1-3-14(12-7-5-4-6-8-12)21-16(23)13-9-19-15(22-17(13)24)18-20-11(2)10-25-18/h4-10,14-15,22,24H,3H2,1-2H3,(H,21,23)/t14-,15?/m0/s1. The molecule has 7 heteroatoms. The van der Waals surface area contributed by atoms with Gasteiger partial charge in [0.05, 0.1) is 6.04 Å². The molecule has 130 valence electrons. The first kappa shape index (κ1) is 17.2. The summed E-state index contributed by atoms with van der Waals surface area (Å²) in [5, 5.41) is 18.7. The van der Waals surface area contributed by atoms with E-state index < -0.39 is 6.17 Å². The van der Waals surface area contributed by atoms with Crippen LogP contribution in [0.4, 0.5) is 0 Å². The monoisotopic (exact) mass is 356 g/mol. The molecule has 1 amide bonds. The van der Waals surface area contributed by atoms with Crippen molar-refractivity contribution in [1.82, 2.24) is 15.6 Å². The molecular formula is C18H20N4O2S.